The first kappa shape index (κ1) is 20.6. The number of methoxy groups -OCH3 is 1. The van der Waals surface area contributed by atoms with Crippen LogP contribution in [0.1, 0.15) is 37.3 Å². The number of nitrogens with zero attached hydrogens (tertiary/aromatic N) is 2. The number of hydrogen-bond acceptors (Lipinski definition) is 5. The Morgan fingerprint density at radius 3 is 2.68 bits per heavy atom. The Labute approximate surface area is 184 Å². The van der Waals surface area contributed by atoms with E-state index >= 15 is 0 Å². The summed E-state index contributed by atoms with van der Waals surface area (Å²) in [5.41, 5.74) is 8.15. The lowest BCUT2D eigenvalue weighted by Crippen LogP contribution is -2.60. The highest BCUT2D eigenvalue weighted by atomic mass is 19.1. The third-order valence-corrected chi connectivity index (χ3v) is 7.51. The topological polar surface area (TPSA) is 69.7 Å². The molecule has 2 aliphatic carbocycles. The second-order valence-corrected chi connectivity index (χ2v) is 9.27. The van der Waals surface area contributed by atoms with Gasteiger partial charge in [0.2, 0.25) is 0 Å². The van der Waals surface area contributed by atoms with Crippen LogP contribution in [0.5, 0.6) is 0 Å². The largest absolute Gasteiger partial charge is 0.476 e. The van der Waals surface area contributed by atoms with Crippen molar-refractivity contribution in [3.63, 3.8) is 0 Å². The molecule has 4 radical (unpaired) electrons. The molecule has 156 valence electrons. The number of fused-ring (bicyclic) bond motifs is 3. The quantitative estimate of drug-likeness (QED) is 0.767. The molecule has 1 aromatic carbocycles. The van der Waals surface area contributed by atoms with Crippen LogP contribution in [0.2, 0.25) is 0 Å². The van der Waals surface area contributed by atoms with Crippen LogP contribution in [-0.4, -0.2) is 45.3 Å². The molecule has 5 nitrogen and oxygen atoms in total. The van der Waals surface area contributed by atoms with Gasteiger partial charge < -0.3 is 15.2 Å². The summed E-state index contributed by atoms with van der Waals surface area (Å²) in [7, 11) is 15.0. The van der Waals surface area contributed by atoms with Crippen molar-refractivity contribution >= 4 is 21.7 Å². The molecule has 2 N–H and O–H groups in total. The van der Waals surface area contributed by atoms with E-state index in [0.717, 1.165) is 42.4 Å². The Balaban J connectivity index is 1.70. The number of ether oxygens (including phenoxy) is 2. The molecular weight excluding hydrogens is 391 g/mol. The van der Waals surface area contributed by atoms with Crippen molar-refractivity contribution in [2.24, 2.45) is 22.1 Å². The number of rotatable bonds is 2. The number of amidine groups is 1. The van der Waals surface area contributed by atoms with Crippen molar-refractivity contribution in [3.8, 4) is 11.1 Å². The number of aliphatic imine (C=N–C) groups is 1. The van der Waals surface area contributed by atoms with Gasteiger partial charge in [0.1, 0.15) is 27.0 Å². The number of nitrogens with two attached hydrogens (primary N) is 1. The van der Waals surface area contributed by atoms with Crippen molar-refractivity contribution in [1.82, 2.24) is 4.98 Å². The van der Waals surface area contributed by atoms with Crippen LogP contribution < -0.4 is 5.73 Å². The normalized spacial score (nSPS) is 33.3. The molecular formula is C23H24B2FN3O2. The predicted octanol–water partition coefficient (Wildman–Crippen LogP) is 2.80. The standard InChI is InChI=1S/C23H24B2FN3O2/c1-13-9-21(6-5-19(13)30-2)10-15-4-3-14(16-7-17(26)12-28-11-16)8-18(15)22(21)23(24,25)31-20(27)29-22/h3-4,7-8,11-13,19H,5-6,9-10H2,1-2H3,(H2,27,29)/t13-,19-,21-,22-/m0/s1. The second kappa shape index (κ2) is 6.83. The summed E-state index contributed by atoms with van der Waals surface area (Å²) in [6, 6.07) is 7.48. The van der Waals surface area contributed by atoms with Crippen molar-refractivity contribution in [3.05, 3.63) is 53.6 Å². The van der Waals surface area contributed by atoms with Gasteiger partial charge in [-0.05, 0) is 60.4 Å². The van der Waals surface area contributed by atoms with Gasteiger partial charge in [0.15, 0.2) is 0 Å². The van der Waals surface area contributed by atoms with Crippen molar-refractivity contribution in [2.75, 3.05) is 7.11 Å². The molecule has 0 bridgehead atoms. The van der Waals surface area contributed by atoms with Gasteiger partial charge in [0, 0.05) is 24.3 Å². The Morgan fingerprint density at radius 2 is 2.03 bits per heavy atom. The summed E-state index contributed by atoms with van der Waals surface area (Å²) >= 11 is 0. The highest BCUT2D eigenvalue weighted by Gasteiger charge is 2.68. The summed E-state index contributed by atoms with van der Waals surface area (Å²) in [5.74, 6) is -0.0981. The SMILES string of the molecule is [B]C1([B])OC(N)=N[C@]12c1cc(-c3cncc(F)c3)ccc1C[C@@]21CC[C@H](OC)[C@@H](C)C1. The number of pyridine rings is 1. The van der Waals surface area contributed by atoms with Gasteiger partial charge in [-0.2, -0.15) is 0 Å². The zero-order valence-electron chi connectivity index (χ0n) is 17.8. The van der Waals surface area contributed by atoms with E-state index in [1.54, 1.807) is 13.3 Å². The highest BCUT2D eigenvalue weighted by Crippen LogP contribution is 2.65. The maximum atomic E-state index is 13.8. The first-order valence-corrected chi connectivity index (χ1v) is 10.6. The third kappa shape index (κ3) is 2.80. The molecule has 8 heteroatoms. The molecule has 1 aromatic heterocycles. The van der Waals surface area contributed by atoms with Gasteiger partial charge in [-0.15, -0.1) is 0 Å². The van der Waals surface area contributed by atoms with Crippen LogP contribution in [0.3, 0.4) is 0 Å². The van der Waals surface area contributed by atoms with E-state index in [1.165, 1.54) is 12.3 Å². The van der Waals surface area contributed by atoms with Crippen molar-refractivity contribution < 1.29 is 13.9 Å². The highest BCUT2D eigenvalue weighted by molar-refractivity contribution is 6.41. The summed E-state index contributed by atoms with van der Waals surface area (Å²) in [5, 5.41) is -1.60. The van der Waals surface area contributed by atoms with Crippen LogP contribution in [0, 0.1) is 17.2 Å². The van der Waals surface area contributed by atoms with Crippen LogP contribution in [0.4, 0.5) is 4.39 Å². The monoisotopic (exact) mass is 415 g/mol. The average Bonchev–Trinajstić information content (AvgIpc) is 3.12. The lowest BCUT2D eigenvalue weighted by Gasteiger charge is -2.53. The second-order valence-electron chi connectivity index (χ2n) is 9.27. The Hall–Kier alpha value is -2.34. The summed E-state index contributed by atoms with van der Waals surface area (Å²) < 4.78 is 25.2. The molecule has 31 heavy (non-hydrogen) atoms. The number of aromatic nitrogens is 1. The van der Waals surface area contributed by atoms with E-state index < -0.39 is 16.8 Å². The molecule has 4 atom stereocenters. The summed E-state index contributed by atoms with van der Waals surface area (Å²) in [6.07, 6.45) is 6.29. The zero-order chi connectivity index (χ0) is 22.0. The van der Waals surface area contributed by atoms with Gasteiger partial charge in [-0.1, -0.05) is 19.1 Å². The minimum Gasteiger partial charge on any atom is -0.476 e. The third-order valence-electron chi connectivity index (χ3n) is 7.51. The first-order chi connectivity index (χ1) is 14.7. The van der Waals surface area contributed by atoms with E-state index in [1.807, 2.05) is 12.1 Å². The molecule has 1 saturated carbocycles. The van der Waals surface area contributed by atoms with E-state index in [0.29, 0.717) is 11.5 Å². The molecule has 2 aromatic rings. The smallest absolute Gasteiger partial charge is 0.281 e. The lowest BCUT2D eigenvalue weighted by atomic mass is 9.44. The fourth-order valence-electron chi connectivity index (χ4n) is 6.31. The van der Waals surface area contributed by atoms with Crippen LogP contribution in [0.25, 0.3) is 11.1 Å². The van der Waals surface area contributed by atoms with Gasteiger partial charge >= 0.3 is 0 Å². The number of hydrogen-bond donors (Lipinski definition) is 1. The Bertz CT molecular complexity index is 1080. The van der Waals surface area contributed by atoms with Gasteiger partial charge in [0.05, 0.1) is 17.7 Å². The maximum Gasteiger partial charge on any atom is 0.281 e. The van der Waals surface area contributed by atoms with E-state index in [2.05, 4.69) is 18.0 Å². The molecule has 5 rings (SSSR count). The van der Waals surface area contributed by atoms with Crippen LogP contribution in [-0.2, 0) is 21.4 Å². The first-order valence-electron chi connectivity index (χ1n) is 10.6. The Kier molecular flexibility index (Phi) is 4.53. The molecule has 2 heterocycles. The van der Waals surface area contributed by atoms with E-state index in [-0.39, 0.29) is 17.5 Å². The van der Waals surface area contributed by atoms with Crippen LogP contribution >= 0.6 is 0 Å². The minimum atomic E-state index is -1.60. The summed E-state index contributed by atoms with van der Waals surface area (Å²) in [4.78, 5) is 8.80. The fraction of sp³-hybridized carbons (Fsp3) is 0.478. The molecule has 0 saturated heterocycles. The molecule has 1 fully saturated rings. The minimum absolute atomic E-state index is 0.00318. The zero-order valence-corrected chi connectivity index (χ0v) is 17.8. The molecule has 3 aliphatic rings. The van der Waals surface area contributed by atoms with E-state index in [9.17, 15) is 4.39 Å². The van der Waals surface area contributed by atoms with Gasteiger partial charge in [-0.25, -0.2) is 9.38 Å². The number of benzene rings is 1. The number of halogens is 1. The fourth-order valence-corrected chi connectivity index (χ4v) is 6.31. The molecule has 0 unspecified atom stereocenters. The maximum absolute atomic E-state index is 13.8. The van der Waals surface area contributed by atoms with Gasteiger partial charge in [0.25, 0.3) is 6.02 Å². The van der Waals surface area contributed by atoms with Crippen molar-refractivity contribution in [2.45, 2.75) is 49.6 Å². The lowest BCUT2D eigenvalue weighted by molar-refractivity contribution is -0.0559. The predicted molar refractivity (Wildman–Crippen MR) is 118 cm³/mol. The van der Waals surface area contributed by atoms with Crippen molar-refractivity contribution in [1.29, 1.82) is 0 Å². The van der Waals surface area contributed by atoms with E-state index in [4.69, 9.17) is 35.9 Å². The summed E-state index contributed by atoms with van der Waals surface area (Å²) in [6.45, 7) is 2.19. The Morgan fingerprint density at radius 1 is 1.23 bits per heavy atom. The molecule has 2 spiro atoms. The average molecular weight is 415 g/mol. The molecule has 0 amide bonds. The molecule has 1 aliphatic heterocycles. The van der Waals surface area contributed by atoms with Gasteiger partial charge in [-0.3, -0.25) is 4.98 Å². The van der Waals surface area contributed by atoms with Crippen LogP contribution in [0.15, 0.2) is 41.7 Å².